The van der Waals surface area contributed by atoms with Gasteiger partial charge in [-0.25, -0.2) is 13.4 Å². The standard InChI is InChI=1S/C31H31ClN4O4S2/c1-21-6-13-25(14-7-21)42(38,39)36(17-5-16-34(2)3)27-15-12-24(18-28(27)40-4)35-20-33-26-19-29(41-30(26)31(35)37)22-8-10-23(32)11-9-22/h6-15,18-20H,5,16-17H2,1-4H3. The van der Waals surface area contributed by atoms with Gasteiger partial charge in [0.25, 0.3) is 15.6 Å². The highest BCUT2D eigenvalue weighted by molar-refractivity contribution is 7.92. The van der Waals surface area contributed by atoms with Crippen molar-refractivity contribution in [1.82, 2.24) is 14.5 Å². The summed E-state index contributed by atoms with van der Waals surface area (Å²) in [6.45, 7) is 2.87. The summed E-state index contributed by atoms with van der Waals surface area (Å²) in [5.41, 5.74) is 3.20. The predicted octanol–water partition coefficient (Wildman–Crippen LogP) is 6.23. The van der Waals surface area contributed by atoms with E-state index in [2.05, 4.69) is 4.98 Å². The average molecular weight is 623 g/mol. The summed E-state index contributed by atoms with van der Waals surface area (Å²) in [7, 11) is 1.49. The molecule has 11 heteroatoms. The molecule has 0 bridgehead atoms. The van der Waals surface area contributed by atoms with Gasteiger partial charge in [-0.2, -0.15) is 0 Å². The molecule has 0 saturated heterocycles. The lowest BCUT2D eigenvalue weighted by Gasteiger charge is -2.27. The van der Waals surface area contributed by atoms with Crippen LogP contribution in [0.5, 0.6) is 5.75 Å². The van der Waals surface area contributed by atoms with Crippen LogP contribution < -0.4 is 14.6 Å². The molecule has 218 valence electrons. The first kappa shape index (κ1) is 29.8. The first-order valence-electron chi connectivity index (χ1n) is 13.3. The number of sulfonamides is 1. The van der Waals surface area contributed by atoms with Crippen molar-refractivity contribution in [2.45, 2.75) is 18.2 Å². The number of methoxy groups -OCH3 is 1. The molecule has 0 atom stereocenters. The first-order chi connectivity index (χ1) is 20.1. The van der Waals surface area contributed by atoms with Crippen molar-refractivity contribution >= 4 is 48.9 Å². The minimum Gasteiger partial charge on any atom is -0.494 e. The van der Waals surface area contributed by atoms with Crippen molar-refractivity contribution < 1.29 is 13.2 Å². The largest absolute Gasteiger partial charge is 0.494 e. The number of aromatic nitrogens is 2. The van der Waals surface area contributed by atoms with Gasteiger partial charge in [-0.05, 0) is 82.0 Å². The van der Waals surface area contributed by atoms with Gasteiger partial charge >= 0.3 is 0 Å². The molecule has 0 aliphatic heterocycles. The molecule has 0 radical (unpaired) electrons. The fourth-order valence-corrected chi connectivity index (χ4v) is 7.30. The summed E-state index contributed by atoms with van der Waals surface area (Å²) in [5, 5.41) is 0.640. The molecule has 2 heterocycles. The van der Waals surface area contributed by atoms with E-state index in [4.69, 9.17) is 16.3 Å². The number of aryl methyl sites for hydroxylation is 1. The number of halogens is 1. The Labute approximate surface area is 254 Å². The van der Waals surface area contributed by atoms with E-state index in [-0.39, 0.29) is 17.0 Å². The molecule has 3 aromatic carbocycles. The lowest BCUT2D eigenvalue weighted by molar-refractivity contribution is 0.400. The van der Waals surface area contributed by atoms with E-state index in [1.165, 1.54) is 33.6 Å². The van der Waals surface area contributed by atoms with Crippen LogP contribution in [0.3, 0.4) is 0 Å². The maximum Gasteiger partial charge on any atom is 0.275 e. The molecule has 8 nitrogen and oxygen atoms in total. The Morgan fingerprint density at radius 3 is 2.36 bits per heavy atom. The lowest BCUT2D eigenvalue weighted by atomic mass is 10.2. The third-order valence-electron chi connectivity index (χ3n) is 6.85. The number of fused-ring (bicyclic) bond motifs is 1. The fraction of sp³-hybridized carbons (Fsp3) is 0.226. The van der Waals surface area contributed by atoms with Crippen LogP contribution in [0.25, 0.3) is 26.3 Å². The van der Waals surface area contributed by atoms with Gasteiger partial charge in [-0.15, -0.1) is 11.3 Å². The van der Waals surface area contributed by atoms with Crippen molar-refractivity contribution in [2.24, 2.45) is 0 Å². The zero-order chi connectivity index (χ0) is 30.0. The van der Waals surface area contributed by atoms with Crippen LogP contribution in [-0.4, -0.2) is 57.2 Å². The van der Waals surface area contributed by atoms with Gasteiger partial charge in [-0.3, -0.25) is 13.7 Å². The number of ether oxygens (including phenoxy) is 1. The molecule has 42 heavy (non-hydrogen) atoms. The molecule has 0 N–H and O–H groups in total. The fourth-order valence-electron chi connectivity index (χ4n) is 4.61. The van der Waals surface area contributed by atoms with Crippen LogP contribution in [0.4, 0.5) is 5.69 Å². The van der Waals surface area contributed by atoms with Gasteiger partial charge in [0.05, 0.1) is 28.9 Å². The average Bonchev–Trinajstić information content (AvgIpc) is 3.41. The van der Waals surface area contributed by atoms with E-state index in [0.29, 0.717) is 45.3 Å². The molecule has 0 aliphatic rings. The van der Waals surface area contributed by atoms with E-state index in [1.807, 2.05) is 56.3 Å². The summed E-state index contributed by atoms with van der Waals surface area (Å²) < 4.78 is 36.8. The Hall–Kier alpha value is -3.70. The van der Waals surface area contributed by atoms with Gasteiger partial charge in [0.15, 0.2) is 0 Å². The number of thiophene rings is 1. The zero-order valence-corrected chi connectivity index (χ0v) is 26.1. The van der Waals surface area contributed by atoms with Gasteiger partial charge < -0.3 is 9.64 Å². The smallest absolute Gasteiger partial charge is 0.275 e. The molecule has 2 aromatic heterocycles. The monoisotopic (exact) mass is 622 g/mol. The van der Waals surface area contributed by atoms with Crippen LogP contribution >= 0.6 is 22.9 Å². The van der Waals surface area contributed by atoms with Crippen LogP contribution in [0, 0.1) is 6.92 Å². The summed E-state index contributed by atoms with van der Waals surface area (Å²) in [4.78, 5) is 21.2. The Bertz CT molecular complexity index is 1880. The van der Waals surface area contributed by atoms with Crippen LogP contribution in [0.1, 0.15) is 12.0 Å². The van der Waals surface area contributed by atoms with Crippen molar-refractivity contribution in [3.63, 3.8) is 0 Å². The zero-order valence-electron chi connectivity index (χ0n) is 23.7. The minimum atomic E-state index is -3.89. The molecule has 5 rings (SSSR count). The van der Waals surface area contributed by atoms with Crippen molar-refractivity contribution in [3.8, 4) is 21.9 Å². The van der Waals surface area contributed by atoms with E-state index in [0.717, 1.165) is 16.0 Å². The Morgan fingerprint density at radius 2 is 1.69 bits per heavy atom. The van der Waals surface area contributed by atoms with Crippen LogP contribution in [-0.2, 0) is 10.0 Å². The van der Waals surface area contributed by atoms with Gasteiger partial charge in [0, 0.05) is 22.5 Å². The third-order valence-corrected chi connectivity index (χ3v) is 10.1. The van der Waals surface area contributed by atoms with Crippen LogP contribution in [0.2, 0.25) is 5.02 Å². The molecular weight excluding hydrogens is 592 g/mol. The number of rotatable bonds is 10. The molecule has 0 amide bonds. The maximum atomic E-state index is 13.9. The molecule has 0 spiro atoms. The molecule has 0 unspecified atom stereocenters. The number of anilines is 1. The molecule has 5 aromatic rings. The highest BCUT2D eigenvalue weighted by atomic mass is 35.5. The Kier molecular flexibility index (Phi) is 8.70. The van der Waals surface area contributed by atoms with Crippen LogP contribution in [0.15, 0.2) is 88.8 Å². The molecular formula is C31H31ClN4O4S2. The van der Waals surface area contributed by atoms with Crippen molar-refractivity contribution in [3.05, 3.63) is 100 Å². The highest BCUT2D eigenvalue weighted by Crippen LogP contribution is 2.35. The number of benzene rings is 3. The van der Waals surface area contributed by atoms with Crippen molar-refractivity contribution in [2.75, 3.05) is 38.6 Å². The Morgan fingerprint density at radius 1 is 0.976 bits per heavy atom. The van der Waals surface area contributed by atoms with E-state index in [9.17, 15) is 13.2 Å². The second kappa shape index (κ2) is 12.3. The predicted molar refractivity (Wildman–Crippen MR) is 171 cm³/mol. The minimum absolute atomic E-state index is 0.198. The third kappa shape index (κ3) is 6.07. The molecule has 0 aliphatic carbocycles. The maximum absolute atomic E-state index is 13.9. The van der Waals surface area contributed by atoms with E-state index in [1.54, 1.807) is 42.5 Å². The SMILES string of the molecule is COc1cc(-n2cnc3cc(-c4ccc(Cl)cc4)sc3c2=O)ccc1N(CCCN(C)C)S(=O)(=O)c1ccc(C)cc1. The topological polar surface area (TPSA) is 84.7 Å². The quantitative estimate of drug-likeness (QED) is 0.184. The van der Waals surface area contributed by atoms with E-state index < -0.39 is 10.0 Å². The summed E-state index contributed by atoms with van der Waals surface area (Å²) in [6.07, 6.45) is 2.09. The van der Waals surface area contributed by atoms with Gasteiger partial charge in [0.1, 0.15) is 16.8 Å². The normalized spacial score (nSPS) is 11.8. The Balaban J connectivity index is 1.55. The summed E-state index contributed by atoms with van der Waals surface area (Å²) >= 11 is 7.40. The lowest BCUT2D eigenvalue weighted by Crippen LogP contribution is -2.34. The summed E-state index contributed by atoms with van der Waals surface area (Å²) in [6, 6.07) is 21.2. The van der Waals surface area contributed by atoms with Gasteiger partial charge in [-0.1, -0.05) is 41.4 Å². The van der Waals surface area contributed by atoms with Gasteiger partial charge in [0.2, 0.25) is 0 Å². The second-order valence-electron chi connectivity index (χ2n) is 10.2. The number of nitrogens with zero attached hydrogens (tertiary/aromatic N) is 4. The molecule has 0 saturated carbocycles. The number of hydrogen-bond donors (Lipinski definition) is 0. The van der Waals surface area contributed by atoms with E-state index >= 15 is 0 Å². The number of hydrogen-bond acceptors (Lipinski definition) is 7. The molecule has 0 fully saturated rings. The second-order valence-corrected chi connectivity index (χ2v) is 13.5. The highest BCUT2D eigenvalue weighted by Gasteiger charge is 2.27. The van der Waals surface area contributed by atoms with Crippen molar-refractivity contribution in [1.29, 1.82) is 0 Å². The first-order valence-corrected chi connectivity index (χ1v) is 15.9. The summed E-state index contributed by atoms with van der Waals surface area (Å²) in [5.74, 6) is 0.327.